The summed E-state index contributed by atoms with van der Waals surface area (Å²) in [6, 6.07) is 3.35. The van der Waals surface area contributed by atoms with Crippen molar-refractivity contribution in [3.05, 3.63) is 28.2 Å². The van der Waals surface area contributed by atoms with E-state index in [1.807, 2.05) is 0 Å². The summed E-state index contributed by atoms with van der Waals surface area (Å²) in [6.45, 7) is 1.11. The number of hydrogen-bond acceptors (Lipinski definition) is 2. The smallest absolute Gasteiger partial charge is 0.416 e. The molecule has 1 aromatic rings. The monoisotopic (exact) mass is 310 g/mol. The first-order valence-corrected chi connectivity index (χ1v) is 5.87. The second-order valence-electron chi connectivity index (χ2n) is 3.75. The molecule has 0 aliphatic carbocycles. The quantitative estimate of drug-likeness (QED) is 0.830. The van der Waals surface area contributed by atoms with Crippen molar-refractivity contribution in [2.24, 2.45) is 0 Å². The van der Waals surface area contributed by atoms with Gasteiger partial charge in [0.1, 0.15) is 11.9 Å². The molecule has 1 unspecified atom stereocenters. The molecule has 2 nitrogen and oxygen atoms in total. The highest BCUT2D eigenvalue weighted by Crippen LogP contribution is 2.35. The predicted molar refractivity (Wildman–Crippen MR) is 59.0 cm³/mol. The Labute approximate surface area is 105 Å². The van der Waals surface area contributed by atoms with Crippen LogP contribution in [0.2, 0.25) is 0 Å². The molecule has 0 aromatic heterocycles. The molecule has 0 saturated carbocycles. The number of rotatable bonds is 2. The Hall–Kier alpha value is -0.750. The minimum absolute atomic E-state index is 0.0805. The molecule has 1 atom stereocenters. The fourth-order valence-corrected chi connectivity index (χ4v) is 2.03. The first-order valence-electron chi connectivity index (χ1n) is 5.08. The number of halogens is 4. The van der Waals surface area contributed by atoms with E-state index in [1.165, 1.54) is 6.07 Å². The molecule has 0 spiro atoms. The van der Waals surface area contributed by atoms with Crippen molar-refractivity contribution >= 4 is 15.9 Å². The van der Waals surface area contributed by atoms with E-state index < -0.39 is 11.7 Å². The van der Waals surface area contributed by atoms with Crippen LogP contribution in [0.1, 0.15) is 12.0 Å². The zero-order chi connectivity index (χ0) is 12.5. The fraction of sp³-hybridized carbons (Fsp3) is 0.455. The highest BCUT2D eigenvalue weighted by atomic mass is 79.9. The van der Waals surface area contributed by atoms with Gasteiger partial charge in [-0.05, 0) is 34.1 Å². The van der Waals surface area contributed by atoms with Gasteiger partial charge in [0, 0.05) is 6.42 Å². The highest BCUT2D eigenvalue weighted by molar-refractivity contribution is 9.10. The van der Waals surface area contributed by atoms with Crippen molar-refractivity contribution in [2.75, 3.05) is 13.2 Å². The van der Waals surface area contributed by atoms with E-state index in [0.29, 0.717) is 23.4 Å². The minimum atomic E-state index is -4.34. The van der Waals surface area contributed by atoms with Crippen LogP contribution in [-0.2, 0) is 10.9 Å². The van der Waals surface area contributed by atoms with Crippen LogP contribution in [0.4, 0.5) is 13.2 Å². The zero-order valence-corrected chi connectivity index (χ0v) is 10.3. The van der Waals surface area contributed by atoms with E-state index in [4.69, 9.17) is 9.47 Å². The van der Waals surface area contributed by atoms with Gasteiger partial charge in [-0.15, -0.1) is 0 Å². The van der Waals surface area contributed by atoms with Gasteiger partial charge in [0.25, 0.3) is 0 Å². The van der Waals surface area contributed by atoms with Gasteiger partial charge >= 0.3 is 6.18 Å². The molecule has 2 rings (SSSR count). The molecule has 1 aliphatic rings. The average molecular weight is 311 g/mol. The highest BCUT2D eigenvalue weighted by Gasteiger charge is 2.31. The Bertz CT molecular complexity index is 400. The Morgan fingerprint density at radius 3 is 2.65 bits per heavy atom. The van der Waals surface area contributed by atoms with E-state index in [1.54, 1.807) is 0 Å². The van der Waals surface area contributed by atoms with Gasteiger partial charge in [-0.25, -0.2) is 0 Å². The van der Waals surface area contributed by atoms with Gasteiger partial charge in [0.2, 0.25) is 0 Å². The van der Waals surface area contributed by atoms with Crippen molar-refractivity contribution in [1.82, 2.24) is 0 Å². The molecule has 6 heteroatoms. The lowest BCUT2D eigenvalue weighted by Crippen LogP contribution is -2.16. The topological polar surface area (TPSA) is 18.5 Å². The van der Waals surface area contributed by atoms with Crippen molar-refractivity contribution in [2.45, 2.75) is 18.7 Å². The lowest BCUT2D eigenvalue weighted by molar-refractivity contribution is -0.137. The number of ether oxygens (including phenoxy) is 2. The number of hydrogen-bond donors (Lipinski definition) is 0. The minimum Gasteiger partial charge on any atom is -0.487 e. The summed E-state index contributed by atoms with van der Waals surface area (Å²) in [4.78, 5) is 0. The van der Waals surface area contributed by atoms with Crippen LogP contribution in [0.5, 0.6) is 5.75 Å². The van der Waals surface area contributed by atoms with Crippen molar-refractivity contribution in [1.29, 1.82) is 0 Å². The maximum Gasteiger partial charge on any atom is 0.416 e. The van der Waals surface area contributed by atoms with Gasteiger partial charge in [-0.2, -0.15) is 13.2 Å². The number of benzene rings is 1. The third-order valence-corrected chi connectivity index (χ3v) is 3.06. The largest absolute Gasteiger partial charge is 0.487 e. The summed E-state index contributed by atoms with van der Waals surface area (Å²) in [7, 11) is 0. The molecule has 94 valence electrons. The van der Waals surface area contributed by atoms with Gasteiger partial charge in [0.05, 0.1) is 23.2 Å². The molecule has 0 amide bonds. The first-order chi connectivity index (χ1) is 7.97. The van der Waals surface area contributed by atoms with Crippen LogP contribution >= 0.6 is 15.9 Å². The SMILES string of the molecule is FC(F)(F)c1ccc(OC2CCOC2)c(Br)c1. The predicted octanol–water partition coefficient (Wildman–Crippen LogP) is 3.64. The standard InChI is InChI=1S/C11H10BrF3O2/c12-9-5-7(11(13,14)15)1-2-10(9)17-8-3-4-16-6-8/h1-2,5,8H,3-4,6H2. The second-order valence-corrected chi connectivity index (χ2v) is 4.60. The van der Waals surface area contributed by atoms with Crippen LogP contribution < -0.4 is 4.74 Å². The maximum absolute atomic E-state index is 12.4. The normalized spacial score (nSPS) is 20.6. The molecule has 0 N–H and O–H groups in total. The van der Waals surface area contributed by atoms with Crippen LogP contribution in [0.25, 0.3) is 0 Å². The third kappa shape index (κ3) is 3.13. The molecule has 1 saturated heterocycles. The zero-order valence-electron chi connectivity index (χ0n) is 8.76. The van der Waals surface area contributed by atoms with Crippen molar-refractivity contribution < 1.29 is 22.6 Å². The molecular formula is C11H10BrF3O2. The van der Waals surface area contributed by atoms with Crippen LogP contribution in [-0.4, -0.2) is 19.3 Å². The molecule has 1 aromatic carbocycles. The lowest BCUT2D eigenvalue weighted by Gasteiger charge is -2.14. The summed E-state index contributed by atoms with van der Waals surface area (Å²) in [5.74, 6) is 0.411. The molecule has 0 radical (unpaired) electrons. The molecule has 1 aliphatic heterocycles. The van der Waals surface area contributed by atoms with Gasteiger partial charge < -0.3 is 9.47 Å². The Kier molecular flexibility index (Phi) is 3.63. The second kappa shape index (κ2) is 4.86. The lowest BCUT2D eigenvalue weighted by atomic mass is 10.2. The summed E-state index contributed by atoms with van der Waals surface area (Å²) in [5.41, 5.74) is -0.695. The Morgan fingerprint density at radius 2 is 2.12 bits per heavy atom. The molecule has 1 fully saturated rings. The summed E-state index contributed by atoms with van der Waals surface area (Å²) in [6.07, 6.45) is -3.66. The maximum atomic E-state index is 12.4. The van der Waals surface area contributed by atoms with Gasteiger partial charge in [-0.3, -0.25) is 0 Å². The van der Waals surface area contributed by atoms with Gasteiger partial charge in [-0.1, -0.05) is 0 Å². The van der Waals surface area contributed by atoms with E-state index in [0.717, 1.165) is 18.6 Å². The fourth-order valence-electron chi connectivity index (χ4n) is 1.56. The average Bonchev–Trinajstić information content (AvgIpc) is 2.72. The van der Waals surface area contributed by atoms with E-state index in [9.17, 15) is 13.2 Å². The van der Waals surface area contributed by atoms with E-state index >= 15 is 0 Å². The van der Waals surface area contributed by atoms with Gasteiger partial charge in [0.15, 0.2) is 0 Å². The molecular weight excluding hydrogens is 301 g/mol. The summed E-state index contributed by atoms with van der Waals surface area (Å²) in [5, 5.41) is 0. The molecule has 1 heterocycles. The van der Waals surface area contributed by atoms with Crippen molar-refractivity contribution in [3.63, 3.8) is 0 Å². The van der Waals surface area contributed by atoms with E-state index in [-0.39, 0.29) is 6.10 Å². The van der Waals surface area contributed by atoms with Crippen LogP contribution in [0.15, 0.2) is 22.7 Å². The Morgan fingerprint density at radius 1 is 1.35 bits per heavy atom. The number of alkyl halides is 3. The summed E-state index contributed by atoms with van der Waals surface area (Å²) >= 11 is 3.08. The molecule has 0 bridgehead atoms. The van der Waals surface area contributed by atoms with Crippen LogP contribution in [0, 0.1) is 0 Å². The van der Waals surface area contributed by atoms with Crippen molar-refractivity contribution in [3.8, 4) is 5.75 Å². The molecule has 17 heavy (non-hydrogen) atoms. The summed E-state index contributed by atoms with van der Waals surface area (Å²) < 4.78 is 48.2. The first kappa shape index (κ1) is 12.7. The van der Waals surface area contributed by atoms with Crippen LogP contribution in [0.3, 0.4) is 0 Å². The van der Waals surface area contributed by atoms with E-state index in [2.05, 4.69) is 15.9 Å². The third-order valence-electron chi connectivity index (χ3n) is 2.44. The Balaban J connectivity index is 2.14.